The van der Waals surface area contributed by atoms with Crippen LogP contribution in [0.5, 0.6) is 0 Å². The fourth-order valence-corrected chi connectivity index (χ4v) is 19.1. The predicted molar refractivity (Wildman–Crippen MR) is 272 cm³/mol. The van der Waals surface area contributed by atoms with Gasteiger partial charge < -0.3 is 28.1 Å². The van der Waals surface area contributed by atoms with Crippen LogP contribution in [0.4, 0.5) is 0 Å². The molecule has 0 atom stereocenters. The first kappa shape index (κ1) is 46.2. The molecule has 8 nitrogen and oxygen atoms in total. The van der Waals surface area contributed by atoms with E-state index in [9.17, 15) is 0 Å². The second kappa shape index (κ2) is 20.4. The van der Waals surface area contributed by atoms with Crippen LogP contribution in [0.3, 0.4) is 0 Å². The molecule has 8 aromatic carbocycles. The van der Waals surface area contributed by atoms with Gasteiger partial charge in [-0.25, -0.2) is 0 Å². The molecule has 8 rings (SSSR count). The summed E-state index contributed by atoms with van der Waals surface area (Å²) >= 11 is 0. The number of hydrogen-bond donors (Lipinski definition) is 0. The SMILES string of the molecule is O=C(C(=O)N(CP(=O)(c1ccccc1)c1ccccc1)CP(=O)(c1ccccc1)c1ccccc1)N(CP(=O)(c1ccccc1)c1ccccc1)CP(=O)(c1ccccc1)c1ccccc1. The molecular weight excluding hydrogens is 896 g/mol. The molecule has 0 saturated carbocycles. The van der Waals surface area contributed by atoms with Crippen LogP contribution in [-0.4, -0.2) is 46.8 Å². The van der Waals surface area contributed by atoms with Gasteiger partial charge in [-0.05, 0) is 0 Å². The minimum Gasteiger partial charge on any atom is -0.319 e. The zero-order chi connectivity index (χ0) is 46.0. The van der Waals surface area contributed by atoms with Gasteiger partial charge in [0.05, 0.1) is 25.1 Å². The summed E-state index contributed by atoms with van der Waals surface area (Å²) in [5.41, 5.74) is 0. The van der Waals surface area contributed by atoms with Crippen LogP contribution in [0.1, 0.15) is 0 Å². The third kappa shape index (κ3) is 9.75. The van der Waals surface area contributed by atoms with E-state index in [0.717, 1.165) is 9.80 Å². The van der Waals surface area contributed by atoms with Gasteiger partial charge in [0.1, 0.15) is 0 Å². The lowest BCUT2D eigenvalue weighted by Crippen LogP contribution is -2.49. The maximum absolute atomic E-state index is 16.0. The first-order valence-corrected chi connectivity index (χ1v) is 29.0. The molecule has 0 unspecified atom stereocenters. The minimum absolute atomic E-state index is 0.433. The first-order chi connectivity index (χ1) is 32.0. The van der Waals surface area contributed by atoms with Crippen molar-refractivity contribution in [3.8, 4) is 0 Å². The molecule has 330 valence electrons. The highest BCUT2D eigenvalue weighted by Gasteiger charge is 2.44. The Morgan fingerprint density at radius 1 is 0.242 bits per heavy atom. The number of carbonyl (C=O) groups excluding carboxylic acids is 2. The van der Waals surface area contributed by atoms with Crippen molar-refractivity contribution in [3.05, 3.63) is 243 Å². The fraction of sp³-hybridized carbons (Fsp3) is 0.0741. The lowest BCUT2D eigenvalue weighted by molar-refractivity contribution is -0.149. The van der Waals surface area contributed by atoms with Gasteiger partial charge in [0.25, 0.3) is 0 Å². The Balaban J connectivity index is 1.33. The topological polar surface area (TPSA) is 109 Å². The molecule has 0 saturated heterocycles. The summed E-state index contributed by atoms with van der Waals surface area (Å²) in [5.74, 6) is -2.26. The summed E-state index contributed by atoms with van der Waals surface area (Å²) in [6.07, 6.45) is -2.03. The van der Waals surface area contributed by atoms with Crippen molar-refractivity contribution >= 4 is 82.8 Å². The molecular formula is C54H48N2O6P4. The van der Waals surface area contributed by atoms with Gasteiger partial charge in [0.15, 0.2) is 28.6 Å². The quantitative estimate of drug-likeness (QED) is 0.0711. The predicted octanol–water partition coefficient (Wildman–Crippen LogP) is 8.53. The number of nitrogens with zero attached hydrogens (tertiary/aromatic N) is 2. The average Bonchev–Trinajstić information content (AvgIpc) is 3.39. The van der Waals surface area contributed by atoms with Crippen molar-refractivity contribution in [3.63, 3.8) is 0 Å². The van der Waals surface area contributed by atoms with E-state index in [1.54, 1.807) is 243 Å². The highest BCUT2D eigenvalue weighted by Crippen LogP contribution is 2.51. The van der Waals surface area contributed by atoms with Crippen LogP contribution >= 0.6 is 28.6 Å². The Kier molecular flexibility index (Phi) is 14.3. The summed E-state index contributed by atoms with van der Waals surface area (Å²) in [4.78, 5) is 33.9. The number of benzene rings is 8. The highest BCUT2D eigenvalue weighted by molar-refractivity contribution is 7.80. The van der Waals surface area contributed by atoms with Gasteiger partial charge in [0, 0.05) is 42.4 Å². The second-order valence-electron chi connectivity index (χ2n) is 15.9. The first-order valence-electron chi connectivity index (χ1n) is 21.4. The highest BCUT2D eigenvalue weighted by atomic mass is 31.2. The molecule has 0 bridgehead atoms. The normalized spacial score (nSPS) is 11.9. The number of hydrogen-bond acceptors (Lipinski definition) is 6. The molecule has 0 spiro atoms. The Morgan fingerprint density at radius 2 is 0.364 bits per heavy atom. The molecule has 0 aromatic heterocycles. The van der Waals surface area contributed by atoms with E-state index in [1.807, 2.05) is 0 Å². The third-order valence-corrected chi connectivity index (χ3v) is 23.6. The Hall–Kier alpha value is -6.38. The largest absolute Gasteiger partial charge is 0.319 e. The van der Waals surface area contributed by atoms with E-state index in [4.69, 9.17) is 0 Å². The van der Waals surface area contributed by atoms with E-state index in [0.29, 0.717) is 42.4 Å². The third-order valence-electron chi connectivity index (χ3n) is 11.6. The van der Waals surface area contributed by atoms with E-state index < -0.39 is 65.5 Å². The summed E-state index contributed by atoms with van der Waals surface area (Å²) in [7, 11) is -15.4. The van der Waals surface area contributed by atoms with E-state index in [1.165, 1.54) is 0 Å². The van der Waals surface area contributed by atoms with Crippen LogP contribution in [0.2, 0.25) is 0 Å². The summed E-state index contributed by atoms with van der Waals surface area (Å²) in [6, 6.07) is 70.2. The molecule has 0 aliphatic rings. The maximum Gasteiger partial charge on any atom is 0.313 e. The lowest BCUT2D eigenvalue weighted by Gasteiger charge is -2.35. The lowest BCUT2D eigenvalue weighted by atomic mass is 10.4. The molecule has 2 amide bonds. The van der Waals surface area contributed by atoms with Crippen LogP contribution in [0.25, 0.3) is 0 Å². The van der Waals surface area contributed by atoms with Crippen LogP contribution in [0.15, 0.2) is 243 Å². The molecule has 0 N–H and O–H groups in total. The Bertz CT molecular complexity index is 2490. The Morgan fingerprint density at radius 3 is 0.485 bits per heavy atom. The van der Waals surface area contributed by atoms with Crippen LogP contribution in [0, 0.1) is 0 Å². The average molecular weight is 945 g/mol. The standard InChI is InChI=1S/C54H48N2O6P4/c57-53(55(41-63(59,45-25-9-1-10-26-45)46-27-11-2-12-28-46)42-64(60,47-29-13-3-14-30-47)48-31-15-4-16-32-48)54(58)56(43-65(61,49-33-17-5-18-34-49)50-35-19-6-20-36-50)44-66(62,51-37-21-7-22-38-51)52-39-23-8-24-40-52/h1-40H,41-44H2. The summed E-state index contributed by atoms with van der Waals surface area (Å²) in [6.45, 7) is 0. The van der Waals surface area contributed by atoms with Crippen molar-refractivity contribution in [2.45, 2.75) is 0 Å². The molecule has 0 fully saturated rings. The summed E-state index contributed by atoms with van der Waals surface area (Å²) in [5, 5.41) is 3.47. The zero-order valence-corrected chi connectivity index (χ0v) is 39.6. The van der Waals surface area contributed by atoms with Gasteiger partial charge in [-0.1, -0.05) is 243 Å². The maximum atomic E-state index is 16.0. The van der Waals surface area contributed by atoms with Crippen molar-refractivity contribution < 1.29 is 27.8 Å². The van der Waals surface area contributed by atoms with Crippen molar-refractivity contribution in [1.29, 1.82) is 0 Å². The molecule has 0 aliphatic carbocycles. The van der Waals surface area contributed by atoms with Crippen molar-refractivity contribution in [1.82, 2.24) is 9.80 Å². The van der Waals surface area contributed by atoms with Gasteiger partial charge in [0.2, 0.25) is 0 Å². The number of rotatable bonds is 16. The van der Waals surface area contributed by atoms with Crippen LogP contribution in [-0.2, 0) is 27.8 Å². The van der Waals surface area contributed by atoms with E-state index in [-0.39, 0.29) is 0 Å². The molecule has 12 heteroatoms. The van der Waals surface area contributed by atoms with Crippen molar-refractivity contribution in [2.24, 2.45) is 0 Å². The molecule has 0 heterocycles. The molecule has 0 radical (unpaired) electrons. The van der Waals surface area contributed by atoms with E-state index in [2.05, 4.69) is 0 Å². The molecule has 66 heavy (non-hydrogen) atoms. The molecule has 8 aromatic rings. The van der Waals surface area contributed by atoms with Gasteiger partial charge in [-0.3, -0.25) is 9.59 Å². The Labute approximate surface area is 386 Å². The van der Waals surface area contributed by atoms with Gasteiger partial charge in [-0.2, -0.15) is 0 Å². The van der Waals surface area contributed by atoms with Crippen LogP contribution < -0.4 is 42.4 Å². The summed E-state index contributed by atoms with van der Waals surface area (Å²) < 4.78 is 63.9. The monoisotopic (exact) mass is 944 g/mol. The van der Waals surface area contributed by atoms with Crippen molar-refractivity contribution in [2.75, 3.05) is 25.1 Å². The molecule has 0 aliphatic heterocycles. The minimum atomic E-state index is -3.84. The smallest absolute Gasteiger partial charge is 0.313 e. The number of amides is 2. The fourth-order valence-electron chi connectivity index (χ4n) is 8.18. The second-order valence-corrected chi connectivity index (χ2v) is 27.1. The zero-order valence-electron chi connectivity index (χ0n) is 36.1. The van der Waals surface area contributed by atoms with Gasteiger partial charge in [-0.15, -0.1) is 0 Å². The van der Waals surface area contributed by atoms with Gasteiger partial charge >= 0.3 is 11.8 Å². The van der Waals surface area contributed by atoms with E-state index >= 15 is 27.8 Å². The number of carbonyl (C=O) groups is 2.